The van der Waals surface area contributed by atoms with Crippen LogP contribution < -0.4 is 10.6 Å². The van der Waals surface area contributed by atoms with Crippen molar-refractivity contribution in [2.24, 2.45) is 0 Å². The van der Waals surface area contributed by atoms with Crippen LogP contribution in [0.3, 0.4) is 0 Å². The Bertz CT molecular complexity index is 1300. The maximum Gasteiger partial charge on any atom is 0.259 e. The van der Waals surface area contributed by atoms with Crippen molar-refractivity contribution in [2.45, 2.75) is 4.43 Å². The number of nitrogens with one attached hydrogen (secondary N) is 3. The van der Waals surface area contributed by atoms with Crippen molar-refractivity contribution in [1.29, 1.82) is 5.41 Å². The first-order valence-electron chi connectivity index (χ1n) is 11.0. The van der Waals surface area contributed by atoms with Crippen molar-refractivity contribution in [3.63, 3.8) is 0 Å². The Morgan fingerprint density at radius 1 is 1.00 bits per heavy atom. The first-order chi connectivity index (χ1) is 17.4. The van der Waals surface area contributed by atoms with Crippen LogP contribution in [-0.4, -0.2) is 52.1 Å². The van der Waals surface area contributed by atoms with Crippen molar-refractivity contribution >= 4 is 63.5 Å². The lowest BCUT2D eigenvalue weighted by Gasteiger charge is -2.28. The van der Waals surface area contributed by atoms with Gasteiger partial charge < -0.3 is 15.5 Å². The molecule has 0 saturated carbocycles. The van der Waals surface area contributed by atoms with E-state index in [2.05, 4.69) is 38.2 Å². The summed E-state index contributed by atoms with van der Waals surface area (Å²) in [6, 6.07) is 10.7. The highest BCUT2D eigenvalue weighted by Crippen LogP contribution is 2.22. The molecule has 1 fully saturated rings. The van der Waals surface area contributed by atoms with Crippen molar-refractivity contribution in [2.75, 3.05) is 35.2 Å². The highest BCUT2D eigenvalue weighted by Gasteiger charge is 2.21. The molecule has 36 heavy (non-hydrogen) atoms. The average Bonchev–Trinajstić information content (AvgIpc) is 2.90. The Balaban J connectivity index is 1.51. The molecule has 4 rings (SSSR count). The van der Waals surface area contributed by atoms with E-state index in [0.29, 0.717) is 18.7 Å². The van der Waals surface area contributed by atoms with E-state index in [0.717, 1.165) is 39.7 Å². The van der Waals surface area contributed by atoms with Gasteiger partial charge in [-0.15, -0.1) is 0 Å². The number of aromatic nitrogens is 1. The second kappa shape index (κ2) is 11.8. The molecule has 0 aliphatic carbocycles. The summed E-state index contributed by atoms with van der Waals surface area (Å²) in [5.74, 6) is -0.665. The van der Waals surface area contributed by atoms with Crippen molar-refractivity contribution < 1.29 is 18.4 Å². The summed E-state index contributed by atoms with van der Waals surface area (Å²) in [6.07, 6.45) is 1.62. The molecule has 0 spiro atoms. The molecule has 0 bridgehead atoms. The van der Waals surface area contributed by atoms with Gasteiger partial charge in [-0.2, -0.15) is 11.8 Å². The minimum atomic E-state index is -0.801. The number of hydrogen-bond donors (Lipinski definition) is 3. The molecule has 3 N–H and O–H groups in total. The van der Waals surface area contributed by atoms with E-state index in [1.165, 1.54) is 18.2 Å². The number of nitrogens with zero attached hydrogens (tertiary/aromatic N) is 2. The van der Waals surface area contributed by atoms with Crippen molar-refractivity contribution in [3.05, 3.63) is 88.6 Å². The fraction of sp³-hybridized carbons (Fsp3) is 0.200. The van der Waals surface area contributed by atoms with Gasteiger partial charge in [0, 0.05) is 40.8 Å². The lowest BCUT2D eigenvalue weighted by atomic mass is 10.1. The summed E-state index contributed by atoms with van der Waals surface area (Å²) in [6.45, 7) is 1.42. The first-order valence-corrected chi connectivity index (χ1v) is 13.7. The molecule has 1 saturated heterocycles. The summed E-state index contributed by atoms with van der Waals surface area (Å²) in [4.78, 5) is 31.7. The van der Waals surface area contributed by atoms with Gasteiger partial charge in [0.1, 0.15) is 23.3 Å². The number of hydrogen-bond acceptors (Lipinski definition) is 5. The Morgan fingerprint density at radius 3 is 2.42 bits per heavy atom. The lowest BCUT2D eigenvalue weighted by molar-refractivity contribution is 0.102. The third kappa shape index (κ3) is 6.19. The second-order valence-electron chi connectivity index (χ2n) is 7.93. The van der Waals surface area contributed by atoms with E-state index in [9.17, 15) is 18.4 Å². The standard InChI is InChI=1S/C25H22F2IN5O2S/c26-17-3-5-21(19(12-17)25(35)32-22-6-1-15(13-28)14-30-22)31-24(34)18-4-2-16(11-20(18)27)23(29)33-7-9-36-10-8-33/h1-6,11-12,14,29H,7-10,13H2,(H,31,34)(H,30,32,35). The van der Waals surface area contributed by atoms with Gasteiger partial charge in [0.05, 0.1) is 16.8 Å². The number of thioether (sulfide) groups is 1. The van der Waals surface area contributed by atoms with Gasteiger partial charge in [0.25, 0.3) is 11.8 Å². The van der Waals surface area contributed by atoms with Crippen molar-refractivity contribution in [1.82, 2.24) is 9.88 Å². The van der Waals surface area contributed by atoms with Crippen LogP contribution in [0.15, 0.2) is 54.7 Å². The van der Waals surface area contributed by atoms with Crippen LogP contribution in [0, 0.1) is 17.0 Å². The number of pyridine rings is 1. The zero-order valence-electron chi connectivity index (χ0n) is 19.0. The fourth-order valence-electron chi connectivity index (χ4n) is 3.58. The lowest BCUT2D eigenvalue weighted by Crippen LogP contribution is -2.38. The molecule has 0 atom stereocenters. The molecule has 7 nitrogen and oxygen atoms in total. The Hall–Kier alpha value is -3.06. The minimum absolute atomic E-state index is 0.0184. The van der Waals surface area contributed by atoms with Gasteiger partial charge in [0.15, 0.2) is 0 Å². The maximum atomic E-state index is 14.9. The predicted octanol–water partition coefficient (Wildman–Crippen LogP) is 5.17. The predicted molar refractivity (Wildman–Crippen MR) is 146 cm³/mol. The van der Waals surface area contributed by atoms with Crippen LogP contribution in [-0.2, 0) is 4.43 Å². The molecule has 1 aliphatic heterocycles. The quantitative estimate of drug-likeness (QED) is 0.153. The Kier molecular flexibility index (Phi) is 8.52. The number of amides is 2. The SMILES string of the molecule is N=C(c1ccc(C(=O)Nc2ccc(F)cc2C(=O)Nc2ccc(CI)cn2)c(F)c1)N1CCSCC1. The average molecular weight is 621 g/mol. The van der Waals surface area contributed by atoms with Crippen LogP contribution in [0.1, 0.15) is 31.8 Å². The van der Waals surface area contributed by atoms with Crippen LogP contribution in [0.2, 0.25) is 0 Å². The number of amidine groups is 1. The summed E-state index contributed by atoms with van der Waals surface area (Å²) < 4.78 is 29.6. The summed E-state index contributed by atoms with van der Waals surface area (Å²) in [5, 5.41) is 13.4. The molecular formula is C25H22F2IN5O2S. The van der Waals surface area contributed by atoms with Gasteiger partial charge in [-0.3, -0.25) is 15.0 Å². The zero-order chi connectivity index (χ0) is 25.7. The number of anilines is 2. The third-order valence-corrected chi connectivity index (χ3v) is 7.33. The van der Waals surface area contributed by atoms with Crippen LogP contribution >= 0.6 is 34.4 Å². The normalized spacial score (nSPS) is 13.2. The van der Waals surface area contributed by atoms with E-state index < -0.39 is 23.4 Å². The molecule has 3 aromatic rings. The smallest absolute Gasteiger partial charge is 0.259 e. The molecule has 11 heteroatoms. The van der Waals surface area contributed by atoms with Gasteiger partial charge in [0.2, 0.25) is 0 Å². The molecule has 2 heterocycles. The second-order valence-corrected chi connectivity index (χ2v) is 9.91. The van der Waals surface area contributed by atoms with E-state index >= 15 is 0 Å². The van der Waals surface area contributed by atoms with E-state index in [1.54, 1.807) is 30.1 Å². The third-order valence-electron chi connectivity index (χ3n) is 5.51. The molecule has 0 radical (unpaired) electrons. The van der Waals surface area contributed by atoms with Gasteiger partial charge in [-0.05, 0) is 42.0 Å². The molecule has 2 aromatic carbocycles. The van der Waals surface area contributed by atoms with Crippen LogP contribution in [0.4, 0.5) is 20.3 Å². The molecule has 186 valence electrons. The monoisotopic (exact) mass is 621 g/mol. The largest absolute Gasteiger partial charge is 0.355 e. The fourth-order valence-corrected chi connectivity index (χ4v) is 4.93. The summed E-state index contributed by atoms with van der Waals surface area (Å²) in [5.41, 5.74) is 0.978. The topological polar surface area (TPSA) is 98.2 Å². The number of benzene rings is 2. The van der Waals surface area contributed by atoms with Crippen molar-refractivity contribution in [3.8, 4) is 0 Å². The van der Waals surface area contributed by atoms with E-state index in [4.69, 9.17) is 5.41 Å². The van der Waals surface area contributed by atoms with Crippen LogP contribution in [0.25, 0.3) is 0 Å². The summed E-state index contributed by atoms with van der Waals surface area (Å²) >= 11 is 4.00. The molecule has 1 aliphatic rings. The zero-order valence-corrected chi connectivity index (χ0v) is 22.0. The molecule has 1 aromatic heterocycles. The van der Waals surface area contributed by atoms with Crippen LogP contribution in [0.5, 0.6) is 0 Å². The highest BCUT2D eigenvalue weighted by molar-refractivity contribution is 14.1. The maximum absolute atomic E-state index is 14.9. The number of carbonyl (C=O) groups is 2. The highest BCUT2D eigenvalue weighted by atomic mass is 127. The minimum Gasteiger partial charge on any atom is -0.355 e. The van der Waals surface area contributed by atoms with Gasteiger partial charge >= 0.3 is 0 Å². The number of halogens is 3. The molecule has 2 amide bonds. The van der Waals surface area contributed by atoms with Gasteiger partial charge in [-0.1, -0.05) is 34.7 Å². The number of alkyl halides is 1. The summed E-state index contributed by atoms with van der Waals surface area (Å²) in [7, 11) is 0. The molecular weight excluding hydrogens is 599 g/mol. The Labute approximate surface area is 224 Å². The first kappa shape index (κ1) is 26.0. The van der Waals surface area contributed by atoms with E-state index in [-0.39, 0.29) is 28.5 Å². The number of rotatable bonds is 6. The van der Waals surface area contributed by atoms with E-state index in [1.807, 2.05) is 4.90 Å². The van der Waals surface area contributed by atoms with Gasteiger partial charge in [-0.25, -0.2) is 13.8 Å². The molecule has 0 unspecified atom stereocenters. The Morgan fingerprint density at radius 2 is 1.75 bits per heavy atom. The number of carbonyl (C=O) groups excluding carboxylic acids is 2.